The first kappa shape index (κ1) is 19.8. The first-order chi connectivity index (χ1) is 14.0. The molecule has 1 N–H and O–H groups in total. The van der Waals surface area contributed by atoms with Gasteiger partial charge in [0.1, 0.15) is 11.5 Å². The van der Waals surface area contributed by atoms with Gasteiger partial charge in [-0.05, 0) is 73.2 Å². The SMILES string of the molecule is COc1ccc(C(=O)Oc2ccc(/C=N\NC(=O)c3cccc(C)c3)cc2)cc1. The zero-order chi connectivity index (χ0) is 20.6. The van der Waals surface area contributed by atoms with Gasteiger partial charge in [-0.1, -0.05) is 17.7 Å². The maximum Gasteiger partial charge on any atom is 0.343 e. The van der Waals surface area contributed by atoms with E-state index in [0.717, 1.165) is 11.1 Å². The van der Waals surface area contributed by atoms with Gasteiger partial charge >= 0.3 is 5.97 Å². The van der Waals surface area contributed by atoms with Gasteiger partial charge in [0.25, 0.3) is 5.91 Å². The van der Waals surface area contributed by atoms with Gasteiger partial charge < -0.3 is 9.47 Å². The monoisotopic (exact) mass is 388 g/mol. The lowest BCUT2D eigenvalue weighted by molar-refractivity contribution is 0.0734. The molecule has 0 heterocycles. The molecule has 3 aromatic rings. The van der Waals surface area contributed by atoms with Crippen molar-refractivity contribution in [1.82, 2.24) is 5.43 Å². The molecule has 6 heteroatoms. The molecule has 29 heavy (non-hydrogen) atoms. The molecular weight excluding hydrogens is 368 g/mol. The summed E-state index contributed by atoms with van der Waals surface area (Å²) >= 11 is 0. The number of hydrazone groups is 1. The van der Waals surface area contributed by atoms with Crippen molar-refractivity contribution in [1.29, 1.82) is 0 Å². The minimum atomic E-state index is -0.459. The van der Waals surface area contributed by atoms with E-state index < -0.39 is 5.97 Å². The van der Waals surface area contributed by atoms with E-state index in [1.165, 1.54) is 6.21 Å². The number of hydrogen-bond donors (Lipinski definition) is 1. The van der Waals surface area contributed by atoms with E-state index in [9.17, 15) is 9.59 Å². The third kappa shape index (κ3) is 5.52. The maximum absolute atomic E-state index is 12.2. The number of nitrogens with zero attached hydrogens (tertiary/aromatic N) is 1. The molecule has 0 radical (unpaired) electrons. The number of aryl methyl sites for hydroxylation is 1. The molecule has 0 saturated heterocycles. The standard InChI is InChI=1S/C23H20N2O4/c1-16-4-3-5-19(14-16)22(26)25-24-15-17-6-10-21(11-7-17)29-23(27)18-8-12-20(28-2)13-9-18/h3-15H,1-2H3,(H,25,26)/b24-15-. The molecule has 6 nitrogen and oxygen atoms in total. The van der Waals surface area contributed by atoms with E-state index in [1.807, 2.05) is 19.1 Å². The maximum atomic E-state index is 12.2. The Morgan fingerprint density at radius 2 is 1.59 bits per heavy atom. The van der Waals surface area contributed by atoms with E-state index in [0.29, 0.717) is 22.6 Å². The number of carbonyl (C=O) groups excluding carboxylic acids is 2. The third-order valence-electron chi connectivity index (χ3n) is 4.08. The molecule has 0 aliphatic rings. The Bertz CT molecular complexity index is 1030. The number of benzene rings is 3. The lowest BCUT2D eigenvalue weighted by Gasteiger charge is -2.05. The van der Waals surface area contributed by atoms with Gasteiger partial charge in [0, 0.05) is 5.56 Å². The van der Waals surface area contributed by atoms with Gasteiger partial charge in [-0.15, -0.1) is 0 Å². The highest BCUT2D eigenvalue weighted by molar-refractivity contribution is 5.95. The summed E-state index contributed by atoms with van der Waals surface area (Å²) in [5.41, 5.74) is 5.21. The van der Waals surface area contributed by atoms with Crippen LogP contribution in [0.5, 0.6) is 11.5 Å². The van der Waals surface area contributed by atoms with E-state index in [-0.39, 0.29) is 5.91 Å². The molecule has 0 atom stereocenters. The highest BCUT2D eigenvalue weighted by Gasteiger charge is 2.08. The fourth-order valence-electron chi connectivity index (χ4n) is 2.53. The number of hydrogen-bond acceptors (Lipinski definition) is 5. The van der Waals surface area contributed by atoms with E-state index >= 15 is 0 Å². The summed E-state index contributed by atoms with van der Waals surface area (Å²) in [4.78, 5) is 24.2. The van der Waals surface area contributed by atoms with Crippen molar-refractivity contribution in [2.45, 2.75) is 6.92 Å². The minimum Gasteiger partial charge on any atom is -0.497 e. The lowest BCUT2D eigenvalue weighted by atomic mass is 10.1. The van der Waals surface area contributed by atoms with Crippen molar-refractivity contribution in [3.05, 3.63) is 95.1 Å². The van der Waals surface area contributed by atoms with Gasteiger partial charge in [-0.3, -0.25) is 4.79 Å². The van der Waals surface area contributed by atoms with Crippen molar-refractivity contribution >= 4 is 18.1 Å². The zero-order valence-electron chi connectivity index (χ0n) is 16.1. The molecule has 0 aliphatic carbocycles. The van der Waals surface area contributed by atoms with Crippen LogP contribution in [-0.4, -0.2) is 25.2 Å². The summed E-state index contributed by atoms with van der Waals surface area (Å²) in [5.74, 6) is 0.334. The van der Waals surface area contributed by atoms with E-state index in [4.69, 9.17) is 9.47 Å². The first-order valence-electron chi connectivity index (χ1n) is 8.91. The van der Waals surface area contributed by atoms with Crippen LogP contribution in [0.2, 0.25) is 0 Å². The van der Waals surface area contributed by atoms with Crippen LogP contribution in [-0.2, 0) is 0 Å². The Morgan fingerprint density at radius 1 is 0.897 bits per heavy atom. The van der Waals surface area contributed by atoms with E-state index in [1.54, 1.807) is 67.8 Å². The van der Waals surface area contributed by atoms with Crippen molar-refractivity contribution < 1.29 is 19.1 Å². The second kappa shape index (κ2) is 9.32. The Hall–Kier alpha value is -3.93. The molecular formula is C23H20N2O4. The predicted octanol–water partition coefficient (Wildman–Crippen LogP) is 3.99. The molecule has 0 bridgehead atoms. The first-order valence-corrected chi connectivity index (χ1v) is 8.91. The summed E-state index contributed by atoms with van der Waals surface area (Å²) in [6.45, 7) is 1.92. The fraction of sp³-hybridized carbons (Fsp3) is 0.0870. The summed E-state index contributed by atoms with van der Waals surface area (Å²) in [7, 11) is 1.56. The second-order valence-corrected chi connectivity index (χ2v) is 6.26. The molecule has 0 fully saturated rings. The number of methoxy groups -OCH3 is 1. The number of rotatable bonds is 6. The number of nitrogens with one attached hydrogen (secondary N) is 1. The average molecular weight is 388 g/mol. The van der Waals surface area contributed by atoms with Crippen LogP contribution < -0.4 is 14.9 Å². The van der Waals surface area contributed by atoms with Gasteiger partial charge in [-0.25, -0.2) is 10.2 Å². The Balaban J connectivity index is 1.56. The van der Waals surface area contributed by atoms with Crippen molar-refractivity contribution in [2.75, 3.05) is 7.11 Å². The minimum absolute atomic E-state index is 0.282. The predicted molar refractivity (Wildman–Crippen MR) is 111 cm³/mol. The molecule has 0 unspecified atom stereocenters. The van der Waals surface area contributed by atoms with Crippen LogP contribution in [0, 0.1) is 6.92 Å². The molecule has 3 rings (SSSR count). The second-order valence-electron chi connectivity index (χ2n) is 6.26. The van der Waals surface area contributed by atoms with Crippen molar-refractivity contribution in [3.8, 4) is 11.5 Å². The number of ether oxygens (including phenoxy) is 2. The molecule has 3 aromatic carbocycles. The Morgan fingerprint density at radius 3 is 2.24 bits per heavy atom. The van der Waals surface area contributed by atoms with Gasteiger partial charge in [-0.2, -0.15) is 5.10 Å². The highest BCUT2D eigenvalue weighted by atomic mass is 16.5. The zero-order valence-corrected chi connectivity index (χ0v) is 16.1. The molecule has 0 saturated carbocycles. The third-order valence-corrected chi connectivity index (χ3v) is 4.08. The average Bonchev–Trinajstić information content (AvgIpc) is 2.75. The largest absolute Gasteiger partial charge is 0.497 e. The number of esters is 1. The summed E-state index contributed by atoms with van der Waals surface area (Å²) < 4.78 is 10.4. The lowest BCUT2D eigenvalue weighted by Crippen LogP contribution is -2.17. The summed E-state index contributed by atoms with van der Waals surface area (Å²) in [5, 5.41) is 3.96. The Labute approximate surface area is 168 Å². The van der Waals surface area contributed by atoms with Crippen LogP contribution >= 0.6 is 0 Å². The normalized spacial score (nSPS) is 10.6. The van der Waals surface area contributed by atoms with Crippen molar-refractivity contribution in [3.63, 3.8) is 0 Å². The molecule has 1 amide bonds. The van der Waals surface area contributed by atoms with Crippen LogP contribution in [0.25, 0.3) is 0 Å². The summed E-state index contributed by atoms with van der Waals surface area (Å²) in [6, 6.07) is 20.7. The molecule has 0 spiro atoms. The molecule has 0 aliphatic heterocycles. The number of amides is 1. The quantitative estimate of drug-likeness (QED) is 0.300. The van der Waals surface area contributed by atoms with Crippen LogP contribution in [0.3, 0.4) is 0 Å². The number of carbonyl (C=O) groups is 2. The van der Waals surface area contributed by atoms with Crippen molar-refractivity contribution in [2.24, 2.45) is 5.10 Å². The summed E-state index contributed by atoms with van der Waals surface area (Å²) in [6.07, 6.45) is 1.52. The smallest absolute Gasteiger partial charge is 0.343 e. The fourth-order valence-corrected chi connectivity index (χ4v) is 2.53. The van der Waals surface area contributed by atoms with Crippen LogP contribution in [0.1, 0.15) is 31.8 Å². The molecule has 146 valence electrons. The van der Waals surface area contributed by atoms with Crippen LogP contribution in [0.15, 0.2) is 77.9 Å². The van der Waals surface area contributed by atoms with Crippen LogP contribution in [0.4, 0.5) is 0 Å². The molecule has 0 aromatic heterocycles. The van der Waals surface area contributed by atoms with Gasteiger partial charge in [0.2, 0.25) is 0 Å². The van der Waals surface area contributed by atoms with Gasteiger partial charge in [0.15, 0.2) is 0 Å². The van der Waals surface area contributed by atoms with E-state index in [2.05, 4.69) is 10.5 Å². The topological polar surface area (TPSA) is 77.0 Å². The Kier molecular flexibility index (Phi) is 6.37. The highest BCUT2D eigenvalue weighted by Crippen LogP contribution is 2.16. The van der Waals surface area contributed by atoms with Gasteiger partial charge in [0.05, 0.1) is 18.9 Å².